The van der Waals surface area contributed by atoms with E-state index in [1.807, 2.05) is 0 Å². The minimum atomic E-state index is -0.738. The second-order valence-electron chi connectivity index (χ2n) is 3.69. The predicted molar refractivity (Wildman–Crippen MR) is 69.8 cm³/mol. The molecule has 2 rings (SSSR count). The van der Waals surface area contributed by atoms with E-state index in [1.165, 1.54) is 12.1 Å². The topological polar surface area (TPSA) is 9.23 Å². The van der Waals surface area contributed by atoms with Crippen LogP contribution in [0.3, 0.4) is 0 Å². The monoisotopic (exact) mass is 350 g/mol. The maximum Gasteiger partial charge on any atom is 0.146 e. The molecule has 0 saturated heterocycles. The van der Waals surface area contributed by atoms with E-state index in [0.29, 0.717) is 0 Å². The molecule has 0 amide bonds. The van der Waals surface area contributed by atoms with Gasteiger partial charge in [-0.15, -0.1) is 0 Å². The average molecular weight is 352 g/mol. The summed E-state index contributed by atoms with van der Waals surface area (Å²) in [5.41, 5.74) is -0.227. The van der Waals surface area contributed by atoms with Crippen molar-refractivity contribution in [2.75, 3.05) is 0 Å². The fourth-order valence-corrected chi connectivity index (χ4v) is 2.04. The molecule has 0 heterocycles. The molecule has 0 radical (unpaired) electrons. The zero-order valence-corrected chi connectivity index (χ0v) is 11.7. The van der Waals surface area contributed by atoms with Gasteiger partial charge in [-0.05, 0) is 46.3 Å². The maximum atomic E-state index is 13.7. The van der Waals surface area contributed by atoms with Crippen molar-refractivity contribution in [1.29, 1.82) is 0 Å². The molecule has 6 heteroatoms. The van der Waals surface area contributed by atoms with Gasteiger partial charge in [0.05, 0.1) is 15.1 Å². The van der Waals surface area contributed by atoms with E-state index in [-0.39, 0.29) is 27.4 Å². The number of hydrogen-bond donors (Lipinski definition) is 0. The largest absolute Gasteiger partial charge is 0.487 e. The Balaban J connectivity index is 2.21. The van der Waals surface area contributed by atoms with E-state index in [9.17, 15) is 13.2 Å². The molecule has 0 aliphatic heterocycles. The molecule has 100 valence electrons. The summed E-state index contributed by atoms with van der Waals surface area (Å²) < 4.78 is 45.3. The van der Waals surface area contributed by atoms with Crippen LogP contribution < -0.4 is 4.74 Å². The van der Waals surface area contributed by atoms with Gasteiger partial charge in [0, 0.05) is 0 Å². The van der Waals surface area contributed by atoms with Crippen molar-refractivity contribution in [2.24, 2.45) is 0 Å². The quantitative estimate of drug-likeness (QED) is 0.699. The lowest BCUT2D eigenvalue weighted by Crippen LogP contribution is -2.03. The van der Waals surface area contributed by atoms with Gasteiger partial charge in [-0.2, -0.15) is 0 Å². The molecule has 0 saturated carbocycles. The Bertz CT molecular complexity index is 619. The lowest BCUT2D eigenvalue weighted by molar-refractivity contribution is 0.292. The molecular weight excluding hydrogens is 344 g/mol. The fourth-order valence-electron chi connectivity index (χ4n) is 1.44. The molecule has 2 aromatic rings. The Morgan fingerprint density at radius 3 is 2.53 bits per heavy atom. The van der Waals surface area contributed by atoms with Crippen molar-refractivity contribution in [3.63, 3.8) is 0 Å². The molecule has 0 aliphatic rings. The van der Waals surface area contributed by atoms with E-state index in [2.05, 4.69) is 15.9 Å². The molecule has 1 nitrogen and oxygen atoms in total. The van der Waals surface area contributed by atoms with Crippen LogP contribution in [-0.4, -0.2) is 0 Å². The molecule has 2 aromatic carbocycles. The molecule has 0 aliphatic carbocycles. The zero-order chi connectivity index (χ0) is 14.0. The first kappa shape index (κ1) is 14.2. The number of rotatable bonds is 3. The first-order chi connectivity index (χ1) is 8.99. The third-order valence-electron chi connectivity index (χ3n) is 2.40. The summed E-state index contributed by atoms with van der Waals surface area (Å²) in [6.07, 6.45) is 0. The van der Waals surface area contributed by atoms with E-state index in [4.69, 9.17) is 16.3 Å². The van der Waals surface area contributed by atoms with Crippen LogP contribution in [0.2, 0.25) is 5.02 Å². The summed E-state index contributed by atoms with van der Waals surface area (Å²) in [6, 6.07) is 5.89. The van der Waals surface area contributed by atoms with Gasteiger partial charge in [-0.3, -0.25) is 0 Å². The Morgan fingerprint density at radius 2 is 1.84 bits per heavy atom. The smallest absolute Gasteiger partial charge is 0.146 e. The summed E-state index contributed by atoms with van der Waals surface area (Å²) >= 11 is 8.70. The highest BCUT2D eigenvalue weighted by Crippen LogP contribution is 2.27. The van der Waals surface area contributed by atoms with Crippen molar-refractivity contribution >= 4 is 27.5 Å². The van der Waals surface area contributed by atoms with E-state index in [0.717, 1.165) is 18.2 Å². The van der Waals surface area contributed by atoms with Crippen molar-refractivity contribution in [2.45, 2.75) is 6.61 Å². The van der Waals surface area contributed by atoms with Gasteiger partial charge in [0.1, 0.15) is 29.8 Å². The lowest BCUT2D eigenvalue weighted by Gasteiger charge is -2.10. The van der Waals surface area contributed by atoms with E-state index in [1.54, 1.807) is 0 Å². The Hall–Kier alpha value is -1.20. The third-order valence-corrected chi connectivity index (χ3v) is 3.31. The molecular formula is C13H7BrClF3O. The van der Waals surface area contributed by atoms with Gasteiger partial charge >= 0.3 is 0 Å². The maximum absolute atomic E-state index is 13.7. The number of halogens is 5. The van der Waals surface area contributed by atoms with Crippen LogP contribution >= 0.6 is 27.5 Å². The highest BCUT2D eigenvalue weighted by atomic mass is 79.9. The fraction of sp³-hybridized carbons (Fsp3) is 0.0769. The second kappa shape index (κ2) is 5.84. The van der Waals surface area contributed by atoms with Crippen molar-refractivity contribution in [3.05, 3.63) is 62.8 Å². The second-order valence-corrected chi connectivity index (χ2v) is 4.95. The van der Waals surface area contributed by atoms with Gasteiger partial charge in [-0.1, -0.05) is 11.6 Å². The SMILES string of the molecule is Fc1ccc(OCc2c(F)ccc(Br)c2F)c(Cl)c1. The Morgan fingerprint density at radius 1 is 1.11 bits per heavy atom. The molecule has 0 unspecified atom stereocenters. The summed E-state index contributed by atoms with van der Waals surface area (Å²) in [5, 5.41) is 0.0378. The van der Waals surface area contributed by atoms with E-state index < -0.39 is 17.5 Å². The van der Waals surface area contributed by atoms with Gasteiger partial charge in [0.25, 0.3) is 0 Å². The highest BCUT2D eigenvalue weighted by molar-refractivity contribution is 9.10. The minimum absolute atomic E-state index is 0.0378. The molecule has 19 heavy (non-hydrogen) atoms. The summed E-state index contributed by atoms with van der Waals surface area (Å²) in [7, 11) is 0. The number of ether oxygens (including phenoxy) is 1. The minimum Gasteiger partial charge on any atom is -0.487 e. The molecule has 0 fully saturated rings. The number of hydrogen-bond acceptors (Lipinski definition) is 1. The van der Waals surface area contributed by atoms with Crippen LogP contribution in [-0.2, 0) is 6.61 Å². The Labute approximate surface area is 121 Å². The van der Waals surface area contributed by atoms with Gasteiger partial charge in [0.15, 0.2) is 0 Å². The highest BCUT2D eigenvalue weighted by Gasteiger charge is 2.13. The zero-order valence-electron chi connectivity index (χ0n) is 9.39. The lowest BCUT2D eigenvalue weighted by atomic mass is 10.2. The van der Waals surface area contributed by atoms with E-state index >= 15 is 0 Å². The molecule has 0 N–H and O–H groups in total. The average Bonchev–Trinajstić information content (AvgIpc) is 2.36. The summed E-state index contributed by atoms with van der Waals surface area (Å²) in [5.74, 6) is -1.82. The molecule has 0 bridgehead atoms. The van der Waals surface area contributed by atoms with Crippen molar-refractivity contribution in [1.82, 2.24) is 0 Å². The van der Waals surface area contributed by atoms with Gasteiger partial charge < -0.3 is 4.74 Å². The van der Waals surface area contributed by atoms with Crippen LogP contribution in [0, 0.1) is 17.5 Å². The first-order valence-corrected chi connectivity index (χ1v) is 6.36. The van der Waals surface area contributed by atoms with Crippen molar-refractivity contribution in [3.8, 4) is 5.75 Å². The normalized spacial score (nSPS) is 10.6. The predicted octanol–water partition coefficient (Wildman–Crippen LogP) is 5.10. The summed E-state index contributed by atoms with van der Waals surface area (Å²) in [4.78, 5) is 0. The third kappa shape index (κ3) is 3.22. The standard InChI is InChI=1S/C13H7BrClF3O/c14-9-2-3-11(17)8(13(9)18)6-19-12-4-1-7(16)5-10(12)15/h1-5H,6H2. The van der Waals surface area contributed by atoms with Crippen LogP contribution in [0.1, 0.15) is 5.56 Å². The number of benzene rings is 2. The van der Waals surface area contributed by atoms with Crippen LogP contribution in [0.15, 0.2) is 34.8 Å². The molecule has 0 spiro atoms. The Kier molecular flexibility index (Phi) is 4.37. The molecule has 0 atom stereocenters. The molecule has 0 aromatic heterocycles. The van der Waals surface area contributed by atoms with Crippen LogP contribution in [0.25, 0.3) is 0 Å². The van der Waals surface area contributed by atoms with Gasteiger partial charge in [-0.25, -0.2) is 13.2 Å². The first-order valence-electron chi connectivity index (χ1n) is 5.19. The van der Waals surface area contributed by atoms with Gasteiger partial charge in [0.2, 0.25) is 0 Å². The van der Waals surface area contributed by atoms with Crippen LogP contribution in [0.5, 0.6) is 5.75 Å². The summed E-state index contributed by atoms with van der Waals surface area (Å²) in [6.45, 7) is -0.345. The van der Waals surface area contributed by atoms with Crippen molar-refractivity contribution < 1.29 is 17.9 Å². The van der Waals surface area contributed by atoms with Crippen LogP contribution in [0.4, 0.5) is 13.2 Å².